The molecule has 0 rings (SSSR count). The molecule has 1 radical (unpaired) electrons. The van der Waals surface area contributed by atoms with Gasteiger partial charge in [0.15, 0.2) is 0 Å². The zero-order valence-electron chi connectivity index (χ0n) is 2.88. The number of quaternary nitrogens is 1. The maximum absolute atomic E-state index is 8.89. The molecule has 0 saturated carbocycles. The molecule has 0 unspecified atom stereocenters. The Bertz CT molecular complexity index is 44.1. The molecule has 31 valence electrons. The maximum Gasteiger partial charge on any atom is 3.00 e. The van der Waals surface area contributed by atoms with Crippen molar-refractivity contribution in [1.29, 1.82) is 0 Å². The van der Waals surface area contributed by atoms with Crippen molar-refractivity contribution >= 4 is 0 Å². The topological polar surface area (TPSA) is 80.0 Å². The van der Waals surface area contributed by atoms with Crippen LogP contribution >= 0.6 is 0 Å². The van der Waals surface area contributed by atoms with Gasteiger partial charge < -0.3 is 0 Å². The molecule has 6 heavy (non-hydrogen) atoms. The van der Waals surface area contributed by atoms with Gasteiger partial charge in [-0.15, -0.1) is 15.1 Å². The minimum Gasteiger partial charge on any atom is -0.161 e. The van der Waals surface area contributed by atoms with Crippen LogP contribution < -0.4 is 5.90 Å². The third-order valence-corrected chi connectivity index (χ3v) is 0.105. The van der Waals surface area contributed by atoms with E-state index in [1.807, 2.05) is 0 Å². The van der Waals surface area contributed by atoms with Crippen LogP contribution in [0.5, 0.6) is 0 Å². The minimum absolute atomic E-state index is 0. The van der Waals surface area contributed by atoms with Gasteiger partial charge in [0.2, 0.25) is 0 Å². The molecule has 6 heteroatoms. The van der Waals surface area contributed by atoms with E-state index in [0.29, 0.717) is 0 Å². The van der Waals surface area contributed by atoms with Crippen molar-refractivity contribution in [3.05, 3.63) is 10.1 Å². The first-order chi connectivity index (χ1) is 2.27. The molecule has 0 fully saturated rings. The van der Waals surface area contributed by atoms with E-state index in [2.05, 4.69) is 10.8 Å². The Labute approximate surface area is 67.3 Å². The first-order valence-electron chi connectivity index (χ1n) is 0.836. The summed E-state index contributed by atoms with van der Waals surface area (Å²) in [4.78, 5) is 12.1. The van der Waals surface area contributed by atoms with Gasteiger partial charge in [0.25, 0.3) is 0 Å². The van der Waals surface area contributed by atoms with Gasteiger partial charge in [-0.3, -0.25) is 0 Å². The predicted octanol–water partition coefficient (Wildman–Crippen LogP) is -1.65. The van der Waals surface area contributed by atoms with Crippen LogP contribution in [0.1, 0.15) is 0 Å². The monoisotopic (exact) mass is 219 g/mol. The Kier molecular flexibility index (Phi) is 8.98. The van der Waals surface area contributed by atoms with Crippen molar-refractivity contribution in [2.24, 2.45) is 0 Å². The predicted molar refractivity (Wildman–Crippen MR) is 11.0 cm³/mol. The van der Waals surface area contributed by atoms with Crippen molar-refractivity contribution in [2.45, 2.75) is 0 Å². The average molecular weight is 219 g/mol. The molecule has 0 aliphatic rings. The SMILES string of the molecule is [Ce+3].[NH3+]O[N+](=O)[O-]. The molecule has 0 aliphatic heterocycles. The smallest absolute Gasteiger partial charge is 0.161 e. The van der Waals surface area contributed by atoms with Gasteiger partial charge in [-0.05, 0) is 0 Å². The average Bonchev–Trinajstić information content (AvgIpc) is 1.38. The Morgan fingerprint density at radius 1 is 1.83 bits per heavy atom. The number of hydrogen-bond donors (Lipinski definition) is 1. The van der Waals surface area contributed by atoms with Crippen molar-refractivity contribution in [2.75, 3.05) is 0 Å². The van der Waals surface area contributed by atoms with E-state index < -0.39 is 5.09 Å². The zero-order chi connectivity index (χ0) is 4.28. The van der Waals surface area contributed by atoms with E-state index in [9.17, 15) is 0 Å². The molecule has 0 amide bonds. The van der Waals surface area contributed by atoms with Crippen LogP contribution in [0, 0.1) is 51.9 Å². The van der Waals surface area contributed by atoms with Crippen LogP contribution in [-0.2, 0) is 4.94 Å². The molecule has 0 bridgehead atoms. The Hall–Kier alpha value is 0.537. The normalized spacial score (nSPS) is 5.50. The first kappa shape index (κ1) is 9.74. The Balaban J connectivity index is 0. The molecule has 0 aromatic heterocycles. The summed E-state index contributed by atoms with van der Waals surface area (Å²) >= 11 is 0. The summed E-state index contributed by atoms with van der Waals surface area (Å²) in [6.07, 6.45) is 0. The Morgan fingerprint density at radius 2 is 2.00 bits per heavy atom. The van der Waals surface area contributed by atoms with Crippen molar-refractivity contribution < 1.29 is 57.7 Å². The summed E-state index contributed by atoms with van der Waals surface area (Å²) in [7, 11) is 0. The summed E-state index contributed by atoms with van der Waals surface area (Å²) in [6.45, 7) is 0. The summed E-state index contributed by atoms with van der Waals surface area (Å²) in [5, 5.41) is 7.90. The fourth-order valence-corrected chi connectivity index (χ4v) is 0. The molecular formula is H3CeN2O3+4. The summed E-state index contributed by atoms with van der Waals surface area (Å²) in [5.41, 5.74) is 0. The van der Waals surface area contributed by atoms with Crippen LogP contribution in [0.15, 0.2) is 0 Å². The molecule has 0 aromatic carbocycles. The van der Waals surface area contributed by atoms with Crippen LogP contribution in [-0.4, -0.2) is 5.09 Å². The second-order valence-electron chi connectivity index (χ2n) is 0.353. The van der Waals surface area contributed by atoms with E-state index in [-0.39, 0.29) is 41.7 Å². The quantitative estimate of drug-likeness (QED) is 0.424. The second-order valence-corrected chi connectivity index (χ2v) is 0.353. The molecule has 5 nitrogen and oxygen atoms in total. The molecular weight excluding hydrogens is 216 g/mol. The van der Waals surface area contributed by atoms with Crippen LogP contribution in [0.3, 0.4) is 0 Å². The number of hydrogen-bond acceptors (Lipinski definition) is 3. The fourth-order valence-electron chi connectivity index (χ4n) is 0. The molecule has 0 heterocycles. The molecule has 0 spiro atoms. The van der Waals surface area contributed by atoms with Gasteiger partial charge in [0, 0.05) is 0 Å². The fraction of sp³-hybridized carbons (Fsp3) is 0. The maximum atomic E-state index is 8.89. The van der Waals surface area contributed by atoms with Crippen LogP contribution in [0.4, 0.5) is 0 Å². The van der Waals surface area contributed by atoms with Gasteiger partial charge in [0.1, 0.15) is 0 Å². The van der Waals surface area contributed by atoms with Crippen molar-refractivity contribution in [1.82, 2.24) is 0 Å². The number of rotatable bonds is 1. The summed E-state index contributed by atoms with van der Waals surface area (Å²) < 4.78 is 0. The third kappa shape index (κ3) is 8.82. The van der Waals surface area contributed by atoms with Crippen LogP contribution in [0.25, 0.3) is 0 Å². The van der Waals surface area contributed by atoms with E-state index in [1.165, 1.54) is 0 Å². The second kappa shape index (κ2) is 5.54. The standard InChI is InChI=1S/Ce.H3N2O3/c;1-5-2(3)4/h;1H3/q+3;+1. The van der Waals surface area contributed by atoms with Crippen LogP contribution in [0.2, 0.25) is 0 Å². The van der Waals surface area contributed by atoms with Crippen molar-refractivity contribution in [3.63, 3.8) is 0 Å². The molecule has 0 atom stereocenters. The molecule has 0 aliphatic carbocycles. The Morgan fingerprint density at radius 3 is 2.00 bits per heavy atom. The van der Waals surface area contributed by atoms with Gasteiger partial charge in [-0.25, -0.2) is 0 Å². The van der Waals surface area contributed by atoms with Gasteiger partial charge in [-0.2, -0.15) is 5.90 Å². The van der Waals surface area contributed by atoms with E-state index >= 15 is 0 Å². The van der Waals surface area contributed by atoms with Gasteiger partial charge in [-0.1, -0.05) is 0 Å². The largest absolute Gasteiger partial charge is 3.00 e. The van der Waals surface area contributed by atoms with E-state index in [4.69, 9.17) is 10.1 Å². The third-order valence-electron chi connectivity index (χ3n) is 0.105. The minimum atomic E-state index is -0.986. The summed E-state index contributed by atoms with van der Waals surface area (Å²) in [5.74, 6) is 2.49. The molecule has 0 aromatic rings. The van der Waals surface area contributed by atoms with E-state index in [0.717, 1.165) is 0 Å². The molecule has 3 N–H and O–H groups in total. The van der Waals surface area contributed by atoms with E-state index in [1.54, 1.807) is 0 Å². The van der Waals surface area contributed by atoms with Gasteiger partial charge in [0.05, 0.1) is 0 Å². The summed E-state index contributed by atoms with van der Waals surface area (Å²) in [6, 6.07) is 0. The number of nitrogens with zero attached hydrogens (tertiary/aromatic N) is 1. The molecule has 0 saturated heterocycles. The first-order valence-corrected chi connectivity index (χ1v) is 0.836. The van der Waals surface area contributed by atoms with Gasteiger partial charge >= 0.3 is 46.8 Å². The zero-order valence-corrected chi connectivity index (χ0v) is 6.02. The van der Waals surface area contributed by atoms with Crippen molar-refractivity contribution in [3.8, 4) is 0 Å².